The van der Waals surface area contributed by atoms with E-state index in [1.807, 2.05) is 12.1 Å². The van der Waals surface area contributed by atoms with Crippen LogP contribution >= 0.6 is 0 Å². The van der Waals surface area contributed by atoms with Gasteiger partial charge in [-0.15, -0.1) is 0 Å². The highest BCUT2D eigenvalue weighted by atomic mass is 16.5. The lowest BCUT2D eigenvalue weighted by atomic mass is 10.00. The third-order valence-electron chi connectivity index (χ3n) is 4.75. The molecule has 1 N–H and O–H groups in total. The van der Waals surface area contributed by atoms with Gasteiger partial charge in [-0.05, 0) is 50.7 Å². The van der Waals surface area contributed by atoms with Crippen LogP contribution in [0.4, 0.5) is 5.82 Å². The van der Waals surface area contributed by atoms with Gasteiger partial charge in [0.2, 0.25) is 0 Å². The monoisotopic (exact) mass is 269 g/mol. The van der Waals surface area contributed by atoms with Crippen LogP contribution in [0.3, 0.4) is 0 Å². The van der Waals surface area contributed by atoms with Crippen molar-refractivity contribution in [2.75, 3.05) is 11.9 Å². The van der Waals surface area contributed by atoms with Crippen LogP contribution in [-0.4, -0.2) is 23.2 Å². The summed E-state index contributed by atoms with van der Waals surface area (Å²) in [7, 11) is 0. The second-order valence-corrected chi connectivity index (χ2v) is 6.27. The van der Waals surface area contributed by atoms with E-state index in [1.165, 1.54) is 12.8 Å². The molecule has 20 heavy (non-hydrogen) atoms. The van der Waals surface area contributed by atoms with Crippen LogP contribution in [0.25, 0.3) is 0 Å². The summed E-state index contributed by atoms with van der Waals surface area (Å²) in [5, 5.41) is 12.8. The van der Waals surface area contributed by atoms with Gasteiger partial charge >= 0.3 is 0 Å². The topological polar surface area (TPSA) is 57.9 Å². The smallest absolute Gasteiger partial charge is 0.144 e. The second kappa shape index (κ2) is 4.46. The van der Waals surface area contributed by atoms with Crippen molar-refractivity contribution in [3.05, 3.63) is 23.4 Å². The molecular formula is C16H19N3O. The van der Waals surface area contributed by atoms with Crippen molar-refractivity contribution in [3.8, 4) is 6.07 Å². The van der Waals surface area contributed by atoms with Gasteiger partial charge in [0.25, 0.3) is 0 Å². The predicted octanol–water partition coefficient (Wildman–Crippen LogP) is 2.95. The molecule has 1 aliphatic heterocycles. The summed E-state index contributed by atoms with van der Waals surface area (Å²) in [5.41, 5.74) is 1.81. The third-order valence-corrected chi connectivity index (χ3v) is 4.75. The Hall–Kier alpha value is -1.60. The van der Waals surface area contributed by atoms with Crippen LogP contribution in [0.2, 0.25) is 0 Å². The number of ether oxygens (including phenoxy) is 1. The van der Waals surface area contributed by atoms with E-state index in [4.69, 9.17) is 9.72 Å². The molecule has 1 spiro atoms. The van der Waals surface area contributed by atoms with Gasteiger partial charge in [0.1, 0.15) is 11.9 Å². The van der Waals surface area contributed by atoms with Crippen LogP contribution in [0.1, 0.15) is 55.7 Å². The summed E-state index contributed by atoms with van der Waals surface area (Å²) in [6.07, 6.45) is 6.93. The molecule has 1 saturated heterocycles. The molecular weight excluding hydrogens is 250 g/mol. The van der Waals surface area contributed by atoms with Crippen LogP contribution in [0.15, 0.2) is 12.1 Å². The minimum Gasteiger partial charge on any atom is -0.373 e. The molecule has 1 atom stereocenters. The van der Waals surface area contributed by atoms with E-state index in [0.29, 0.717) is 17.5 Å². The highest BCUT2D eigenvalue weighted by Crippen LogP contribution is 2.47. The van der Waals surface area contributed by atoms with Crippen LogP contribution in [0.5, 0.6) is 0 Å². The number of aromatic nitrogens is 1. The fourth-order valence-electron chi connectivity index (χ4n) is 3.19. The number of nitriles is 1. The average Bonchev–Trinajstić information content (AvgIpc) is 3.36. The Kier molecular flexibility index (Phi) is 2.71. The maximum atomic E-state index is 9.28. The molecule has 0 amide bonds. The minimum atomic E-state index is 0.0300. The standard InChI is InChI=1S/C16H19N3O/c17-10-12-5-6-13(11-3-4-11)18-15(12)19-14-2-1-9-20-16(14)7-8-16/h5-6,11,14H,1-4,7-9H2,(H,18,19). The molecule has 0 radical (unpaired) electrons. The van der Waals surface area contributed by atoms with Crippen LogP contribution in [0, 0.1) is 11.3 Å². The van der Waals surface area contributed by atoms with Crippen molar-refractivity contribution in [2.45, 2.75) is 56.1 Å². The Morgan fingerprint density at radius 3 is 2.85 bits per heavy atom. The van der Waals surface area contributed by atoms with Gasteiger partial charge < -0.3 is 10.1 Å². The van der Waals surface area contributed by atoms with Crippen molar-refractivity contribution in [1.29, 1.82) is 5.26 Å². The number of hydrogen-bond donors (Lipinski definition) is 1. The zero-order valence-electron chi connectivity index (χ0n) is 11.6. The average molecular weight is 269 g/mol. The first-order valence-corrected chi connectivity index (χ1v) is 7.62. The van der Waals surface area contributed by atoms with Gasteiger partial charge in [-0.3, -0.25) is 0 Å². The number of rotatable bonds is 3. The lowest BCUT2D eigenvalue weighted by Crippen LogP contribution is -2.42. The number of nitrogens with one attached hydrogen (secondary N) is 1. The highest BCUT2D eigenvalue weighted by Gasteiger charge is 2.52. The lowest BCUT2D eigenvalue weighted by molar-refractivity contribution is -0.0133. The molecule has 2 heterocycles. The van der Waals surface area contributed by atoms with Crippen molar-refractivity contribution in [2.24, 2.45) is 0 Å². The molecule has 1 unspecified atom stereocenters. The fourth-order valence-corrected chi connectivity index (χ4v) is 3.19. The van der Waals surface area contributed by atoms with Crippen molar-refractivity contribution >= 4 is 5.82 Å². The van der Waals surface area contributed by atoms with Crippen LogP contribution < -0.4 is 5.32 Å². The molecule has 1 aromatic rings. The molecule has 2 aliphatic carbocycles. The van der Waals surface area contributed by atoms with E-state index in [-0.39, 0.29) is 5.60 Å². The van der Waals surface area contributed by atoms with Crippen molar-refractivity contribution in [1.82, 2.24) is 4.98 Å². The Labute approximate surface area is 119 Å². The Bertz CT molecular complexity index is 570. The molecule has 4 rings (SSSR count). The maximum Gasteiger partial charge on any atom is 0.144 e. The van der Waals surface area contributed by atoms with E-state index in [1.54, 1.807) is 0 Å². The fraction of sp³-hybridized carbons (Fsp3) is 0.625. The van der Waals surface area contributed by atoms with E-state index >= 15 is 0 Å². The van der Waals surface area contributed by atoms with Crippen molar-refractivity contribution < 1.29 is 4.74 Å². The normalized spacial score (nSPS) is 27.1. The van der Waals surface area contributed by atoms with Crippen LogP contribution in [-0.2, 0) is 4.74 Å². The van der Waals surface area contributed by atoms with Gasteiger partial charge in [0, 0.05) is 18.2 Å². The minimum absolute atomic E-state index is 0.0300. The molecule has 3 fully saturated rings. The molecule has 4 nitrogen and oxygen atoms in total. The van der Waals surface area contributed by atoms with E-state index in [9.17, 15) is 5.26 Å². The quantitative estimate of drug-likeness (QED) is 0.916. The molecule has 3 aliphatic rings. The first-order chi connectivity index (χ1) is 9.81. The largest absolute Gasteiger partial charge is 0.373 e. The zero-order chi connectivity index (χ0) is 13.6. The van der Waals surface area contributed by atoms with E-state index in [0.717, 1.165) is 43.8 Å². The molecule has 4 heteroatoms. The predicted molar refractivity (Wildman–Crippen MR) is 75.5 cm³/mol. The van der Waals surface area contributed by atoms with Gasteiger partial charge in [-0.1, -0.05) is 0 Å². The summed E-state index contributed by atoms with van der Waals surface area (Å²) >= 11 is 0. The lowest BCUT2D eigenvalue weighted by Gasteiger charge is -2.33. The Morgan fingerprint density at radius 2 is 2.15 bits per heavy atom. The molecule has 1 aromatic heterocycles. The highest BCUT2D eigenvalue weighted by molar-refractivity contribution is 5.54. The Balaban J connectivity index is 1.60. The molecule has 0 bridgehead atoms. The zero-order valence-corrected chi connectivity index (χ0v) is 11.6. The molecule has 104 valence electrons. The number of nitrogens with zero attached hydrogens (tertiary/aromatic N) is 2. The summed E-state index contributed by atoms with van der Waals surface area (Å²) in [6.45, 7) is 0.874. The van der Waals surface area contributed by atoms with Gasteiger partial charge in [-0.25, -0.2) is 4.98 Å². The van der Waals surface area contributed by atoms with Gasteiger partial charge in [0.15, 0.2) is 0 Å². The second-order valence-electron chi connectivity index (χ2n) is 6.27. The SMILES string of the molecule is N#Cc1ccc(C2CC2)nc1NC1CCCOC12CC2. The number of anilines is 1. The first-order valence-electron chi connectivity index (χ1n) is 7.62. The molecule has 0 aromatic carbocycles. The maximum absolute atomic E-state index is 9.28. The van der Waals surface area contributed by atoms with Gasteiger partial charge in [0.05, 0.1) is 17.2 Å². The van der Waals surface area contributed by atoms with Crippen molar-refractivity contribution in [3.63, 3.8) is 0 Å². The van der Waals surface area contributed by atoms with E-state index in [2.05, 4.69) is 11.4 Å². The summed E-state index contributed by atoms with van der Waals surface area (Å²) in [4.78, 5) is 4.70. The van der Waals surface area contributed by atoms with E-state index < -0.39 is 0 Å². The summed E-state index contributed by atoms with van der Waals surface area (Å²) in [5.74, 6) is 1.37. The third kappa shape index (κ3) is 2.06. The number of pyridine rings is 1. The molecule has 2 saturated carbocycles. The first kappa shape index (κ1) is 12.2. The van der Waals surface area contributed by atoms with Gasteiger partial charge in [-0.2, -0.15) is 5.26 Å². The Morgan fingerprint density at radius 1 is 1.30 bits per heavy atom. The summed E-state index contributed by atoms with van der Waals surface area (Å²) < 4.78 is 5.95. The summed E-state index contributed by atoms with van der Waals surface area (Å²) in [6, 6.07) is 6.48. The number of hydrogen-bond acceptors (Lipinski definition) is 4.